The minimum absolute atomic E-state index is 0.611. The summed E-state index contributed by atoms with van der Waals surface area (Å²) in [7, 11) is 0. The van der Waals surface area contributed by atoms with Gasteiger partial charge in [0.1, 0.15) is 11.5 Å². The first kappa shape index (κ1) is 16.6. The summed E-state index contributed by atoms with van der Waals surface area (Å²) in [6, 6.07) is 11.3. The van der Waals surface area contributed by atoms with Gasteiger partial charge in [0.15, 0.2) is 12.6 Å². The molecule has 0 amide bonds. The molecule has 0 aliphatic rings. The van der Waals surface area contributed by atoms with Gasteiger partial charge >= 0.3 is 0 Å². The van der Waals surface area contributed by atoms with Gasteiger partial charge in [0.25, 0.3) is 0 Å². The quantitative estimate of drug-likeness (QED) is 0.728. The molecule has 120 valence electrons. The highest BCUT2D eigenvalue weighted by Gasteiger charge is 2.07. The number of fused-ring (bicyclic) bond motifs is 1. The van der Waals surface area contributed by atoms with Gasteiger partial charge in [-0.2, -0.15) is 0 Å². The Balaban J connectivity index is 2.11. The second kappa shape index (κ2) is 8.01. The van der Waals surface area contributed by atoms with Gasteiger partial charge in [-0.05, 0) is 35.0 Å². The molecule has 0 saturated heterocycles. The Bertz CT molecular complexity index is 543. The van der Waals surface area contributed by atoms with Gasteiger partial charge in [-0.3, -0.25) is 0 Å². The molecule has 0 bridgehead atoms. The Labute approximate surface area is 131 Å². The SMILES string of the molecule is CCCC(O)Oc1ccc2cc(OC(O)CCC)ccc2c1. The maximum Gasteiger partial charge on any atom is 0.197 e. The van der Waals surface area contributed by atoms with Crippen LogP contribution in [0.15, 0.2) is 36.4 Å². The van der Waals surface area contributed by atoms with Gasteiger partial charge < -0.3 is 19.7 Å². The minimum Gasteiger partial charge on any atom is -0.465 e. The highest BCUT2D eigenvalue weighted by atomic mass is 16.6. The summed E-state index contributed by atoms with van der Waals surface area (Å²) in [6.07, 6.45) is 1.43. The molecule has 2 unspecified atom stereocenters. The molecule has 4 heteroatoms. The molecular formula is C18H24O4. The van der Waals surface area contributed by atoms with Gasteiger partial charge in [0, 0.05) is 12.8 Å². The van der Waals surface area contributed by atoms with E-state index < -0.39 is 12.6 Å². The van der Waals surface area contributed by atoms with Crippen LogP contribution in [-0.2, 0) is 0 Å². The number of hydrogen-bond donors (Lipinski definition) is 2. The highest BCUT2D eigenvalue weighted by Crippen LogP contribution is 2.26. The smallest absolute Gasteiger partial charge is 0.197 e. The molecule has 0 heterocycles. The zero-order valence-electron chi connectivity index (χ0n) is 13.2. The summed E-state index contributed by atoms with van der Waals surface area (Å²) >= 11 is 0. The average Bonchev–Trinajstić information content (AvgIpc) is 2.48. The van der Waals surface area contributed by atoms with Crippen LogP contribution in [0.25, 0.3) is 10.8 Å². The van der Waals surface area contributed by atoms with Crippen LogP contribution < -0.4 is 9.47 Å². The standard InChI is InChI=1S/C18H24O4/c1-3-5-17(19)21-15-9-7-14-12-16(10-8-13(14)11-15)22-18(20)6-4-2/h7-12,17-20H,3-6H2,1-2H3. The Morgan fingerprint density at radius 3 is 1.55 bits per heavy atom. The number of aliphatic hydroxyl groups is 2. The van der Waals surface area contributed by atoms with Gasteiger partial charge in [0.05, 0.1) is 0 Å². The summed E-state index contributed by atoms with van der Waals surface area (Å²) in [5, 5.41) is 21.4. The van der Waals surface area contributed by atoms with Crippen LogP contribution in [0.5, 0.6) is 11.5 Å². The second-order valence-corrected chi connectivity index (χ2v) is 5.39. The van der Waals surface area contributed by atoms with Crippen molar-refractivity contribution in [3.05, 3.63) is 36.4 Å². The van der Waals surface area contributed by atoms with Gasteiger partial charge in [-0.15, -0.1) is 0 Å². The van der Waals surface area contributed by atoms with E-state index in [-0.39, 0.29) is 0 Å². The lowest BCUT2D eigenvalue weighted by Gasteiger charge is -2.14. The topological polar surface area (TPSA) is 58.9 Å². The van der Waals surface area contributed by atoms with Crippen molar-refractivity contribution in [1.29, 1.82) is 0 Å². The Morgan fingerprint density at radius 1 is 0.773 bits per heavy atom. The Hall–Kier alpha value is -1.78. The fourth-order valence-corrected chi connectivity index (χ4v) is 2.27. The second-order valence-electron chi connectivity index (χ2n) is 5.39. The first-order valence-corrected chi connectivity index (χ1v) is 7.85. The van der Waals surface area contributed by atoms with Gasteiger partial charge in [-0.25, -0.2) is 0 Å². The number of benzene rings is 2. The third kappa shape index (κ3) is 4.61. The molecule has 22 heavy (non-hydrogen) atoms. The van der Waals surface area contributed by atoms with Crippen LogP contribution in [0.3, 0.4) is 0 Å². The third-order valence-corrected chi connectivity index (χ3v) is 3.40. The van der Waals surface area contributed by atoms with E-state index in [0.29, 0.717) is 24.3 Å². The highest BCUT2D eigenvalue weighted by molar-refractivity contribution is 5.85. The van der Waals surface area contributed by atoms with E-state index in [0.717, 1.165) is 23.6 Å². The minimum atomic E-state index is -0.769. The molecule has 2 atom stereocenters. The maximum absolute atomic E-state index is 9.70. The number of ether oxygens (including phenoxy) is 2. The van der Waals surface area contributed by atoms with E-state index in [1.54, 1.807) is 0 Å². The van der Waals surface area contributed by atoms with Crippen LogP contribution in [-0.4, -0.2) is 22.8 Å². The van der Waals surface area contributed by atoms with Crippen LogP contribution in [0.1, 0.15) is 39.5 Å². The summed E-state index contributed by atoms with van der Waals surface area (Å²) in [5.74, 6) is 1.29. The van der Waals surface area contributed by atoms with Crippen molar-refractivity contribution in [2.24, 2.45) is 0 Å². The number of hydrogen-bond acceptors (Lipinski definition) is 4. The van der Waals surface area contributed by atoms with Gasteiger partial charge in [-0.1, -0.05) is 38.8 Å². The molecule has 0 fully saturated rings. The van der Waals surface area contributed by atoms with Crippen molar-refractivity contribution in [2.75, 3.05) is 0 Å². The van der Waals surface area contributed by atoms with Crippen molar-refractivity contribution in [3.8, 4) is 11.5 Å². The molecule has 4 nitrogen and oxygen atoms in total. The molecule has 0 spiro atoms. The molecule has 2 N–H and O–H groups in total. The maximum atomic E-state index is 9.70. The van der Waals surface area contributed by atoms with E-state index in [2.05, 4.69) is 0 Å². The Kier molecular flexibility index (Phi) is 6.04. The van der Waals surface area contributed by atoms with Crippen LogP contribution in [0.2, 0.25) is 0 Å². The predicted octanol–water partition coefficient (Wildman–Crippen LogP) is 3.83. The zero-order chi connectivity index (χ0) is 15.9. The fraction of sp³-hybridized carbons (Fsp3) is 0.444. The molecule has 0 aliphatic carbocycles. The average molecular weight is 304 g/mol. The van der Waals surface area contributed by atoms with Gasteiger partial charge in [0.2, 0.25) is 0 Å². The molecule has 0 radical (unpaired) electrons. The van der Waals surface area contributed by atoms with Crippen molar-refractivity contribution in [1.82, 2.24) is 0 Å². The molecule has 2 rings (SSSR count). The summed E-state index contributed by atoms with van der Waals surface area (Å²) < 4.78 is 10.9. The van der Waals surface area contributed by atoms with Crippen molar-refractivity contribution in [2.45, 2.75) is 52.1 Å². The largest absolute Gasteiger partial charge is 0.465 e. The Morgan fingerprint density at radius 2 is 1.18 bits per heavy atom. The molecule has 2 aromatic carbocycles. The molecule has 0 aliphatic heterocycles. The lowest BCUT2D eigenvalue weighted by atomic mass is 10.1. The fourth-order valence-electron chi connectivity index (χ4n) is 2.27. The lowest BCUT2D eigenvalue weighted by molar-refractivity contribution is -0.0239. The first-order chi connectivity index (χ1) is 10.6. The third-order valence-electron chi connectivity index (χ3n) is 3.40. The monoisotopic (exact) mass is 304 g/mol. The first-order valence-electron chi connectivity index (χ1n) is 7.85. The van der Waals surface area contributed by atoms with Crippen molar-refractivity contribution >= 4 is 10.8 Å². The van der Waals surface area contributed by atoms with E-state index in [9.17, 15) is 10.2 Å². The molecule has 0 aromatic heterocycles. The molecule has 0 saturated carbocycles. The van der Waals surface area contributed by atoms with E-state index >= 15 is 0 Å². The van der Waals surface area contributed by atoms with Crippen LogP contribution in [0, 0.1) is 0 Å². The predicted molar refractivity (Wildman–Crippen MR) is 87.0 cm³/mol. The van der Waals surface area contributed by atoms with Crippen LogP contribution in [0.4, 0.5) is 0 Å². The summed E-state index contributed by atoms with van der Waals surface area (Å²) in [5.41, 5.74) is 0. The molecule has 2 aromatic rings. The van der Waals surface area contributed by atoms with Crippen molar-refractivity contribution in [3.63, 3.8) is 0 Å². The normalized spacial score (nSPS) is 13.8. The summed E-state index contributed by atoms with van der Waals surface area (Å²) in [6.45, 7) is 4.00. The molecular weight excluding hydrogens is 280 g/mol. The van der Waals surface area contributed by atoms with E-state index in [4.69, 9.17) is 9.47 Å². The lowest BCUT2D eigenvalue weighted by Crippen LogP contribution is -2.15. The van der Waals surface area contributed by atoms with Crippen molar-refractivity contribution < 1.29 is 19.7 Å². The van der Waals surface area contributed by atoms with E-state index in [1.807, 2.05) is 50.2 Å². The van der Waals surface area contributed by atoms with E-state index in [1.165, 1.54) is 0 Å². The summed E-state index contributed by atoms with van der Waals surface area (Å²) in [4.78, 5) is 0. The zero-order valence-corrected chi connectivity index (χ0v) is 13.2. The number of aliphatic hydroxyl groups excluding tert-OH is 2. The number of rotatable bonds is 8. The van der Waals surface area contributed by atoms with Crippen LogP contribution >= 0.6 is 0 Å².